The van der Waals surface area contributed by atoms with Crippen LogP contribution in [0.2, 0.25) is 0 Å². The predicted octanol–water partition coefficient (Wildman–Crippen LogP) is 3.75. The lowest BCUT2D eigenvalue weighted by molar-refractivity contribution is -0.142. The topological polar surface area (TPSA) is 31.2 Å². The number of hydrogen-bond acceptors (Lipinski definition) is 4. The molecule has 0 saturated carbocycles. The molecule has 2 rings (SSSR count). The number of thiazole rings is 1. The highest BCUT2D eigenvalue weighted by molar-refractivity contribution is 7.73. The second-order valence-electron chi connectivity index (χ2n) is 3.80. The van der Waals surface area contributed by atoms with Crippen LogP contribution in [0.25, 0.3) is 5.69 Å². The number of hydrogen-bond donors (Lipinski definition) is 0. The van der Waals surface area contributed by atoms with Crippen LogP contribution >= 0.6 is 23.6 Å². The van der Waals surface area contributed by atoms with E-state index in [-0.39, 0.29) is 16.2 Å². The zero-order chi connectivity index (χ0) is 14.9. The number of esters is 1. The van der Waals surface area contributed by atoms with Gasteiger partial charge in [0, 0.05) is 12.3 Å². The molecule has 0 unspecified atom stereocenters. The van der Waals surface area contributed by atoms with Gasteiger partial charge in [0.15, 0.2) is 21.4 Å². The highest BCUT2D eigenvalue weighted by Crippen LogP contribution is 2.24. The van der Waals surface area contributed by atoms with Gasteiger partial charge >= 0.3 is 5.97 Å². The number of nitrogens with zero attached hydrogens (tertiary/aromatic N) is 1. The Hall–Kier alpha value is -1.67. The Morgan fingerprint density at radius 2 is 2.05 bits per heavy atom. The van der Waals surface area contributed by atoms with Gasteiger partial charge in [-0.15, -0.1) is 11.3 Å². The molecule has 0 bridgehead atoms. The van der Waals surface area contributed by atoms with Crippen LogP contribution in [0.1, 0.15) is 12.6 Å². The molecule has 8 heteroatoms. The monoisotopic (exact) mass is 319 g/mol. The van der Waals surface area contributed by atoms with E-state index in [0.717, 1.165) is 23.5 Å². The molecule has 0 saturated heterocycles. The molecule has 2 aromatic rings. The summed E-state index contributed by atoms with van der Waals surface area (Å²) in [4.78, 5) is 10.8. The van der Waals surface area contributed by atoms with Gasteiger partial charge in [0.25, 0.3) is 0 Å². The van der Waals surface area contributed by atoms with Crippen LogP contribution < -0.4 is 0 Å². The molecule has 0 aliphatic rings. The SMILES string of the molecule is CC(=O)OCc1csc(=S)n1-c1ccc(F)c(F)c1F. The fourth-order valence-electron chi connectivity index (χ4n) is 1.56. The number of carbonyl (C=O) groups is 1. The van der Waals surface area contributed by atoms with Gasteiger partial charge in [-0.3, -0.25) is 9.36 Å². The first kappa shape index (κ1) is 14.7. The fraction of sp³-hybridized carbons (Fsp3) is 0.167. The van der Waals surface area contributed by atoms with Gasteiger partial charge in [-0.05, 0) is 24.4 Å². The maximum atomic E-state index is 13.8. The van der Waals surface area contributed by atoms with Gasteiger partial charge in [0.2, 0.25) is 0 Å². The first-order valence-corrected chi connectivity index (χ1v) is 6.67. The molecule has 1 aromatic heterocycles. The molecule has 20 heavy (non-hydrogen) atoms. The average molecular weight is 319 g/mol. The van der Waals surface area contributed by atoms with Crippen molar-refractivity contribution in [3.8, 4) is 5.69 Å². The van der Waals surface area contributed by atoms with Crippen LogP contribution in [0.3, 0.4) is 0 Å². The van der Waals surface area contributed by atoms with Gasteiger partial charge < -0.3 is 4.74 Å². The number of aromatic nitrogens is 1. The molecule has 0 amide bonds. The van der Waals surface area contributed by atoms with E-state index in [2.05, 4.69) is 0 Å². The summed E-state index contributed by atoms with van der Waals surface area (Å²) in [5.41, 5.74) is 0.150. The Labute approximate surface area is 121 Å². The van der Waals surface area contributed by atoms with Crippen LogP contribution in [-0.4, -0.2) is 10.5 Å². The summed E-state index contributed by atoms with van der Waals surface area (Å²) in [6.07, 6.45) is 0. The quantitative estimate of drug-likeness (QED) is 0.490. The van der Waals surface area contributed by atoms with Crippen LogP contribution in [0, 0.1) is 21.4 Å². The summed E-state index contributed by atoms with van der Waals surface area (Å²) < 4.78 is 46.3. The van der Waals surface area contributed by atoms with Crippen molar-refractivity contribution in [3.05, 3.63) is 44.6 Å². The van der Waals surface area contributed by atoms with Gasteiger partial charge in [-0.25, -0.2) is 13.2 Å². The fourth-order valence-corrected chi connectivity index (χ4v) is 2.65. The van der Waals surface area contributed by atoms with E-state index in [4.69, 9.17) is 17.0 Å². The minimum Gasteiger partial charge on any atom is -0.459 e. The zero-order valence-corrected chi connectivity index (χ0v) is 11.8. The van der Waals surface area contributed by atoms with Gasteiger partial charge in [-0.2, -0.15) is 0 Å². The van der Waals surface area contributed by atoms with Crippen LogP contribution in [0.5, 0.6) is 0 Å². The lowest BCUT2D eigenvalue weighted by Gasteiger charge is -2.10. The van der Waals surface area contributed by atoms with E-state index in [9.17, 15) is 18.0 Å². The molecule has 0 spiro atoms. The second-order valence-corrected chi connectivity index (χ2v) is 5.31. The third-order valence-corrected chi connectivity index (χ3v) is 3.69. The molecule has 0 N–H and O–H groups in total. The van der Waals surface area contributed by atoms with E-state index in [0.29, 0.717) is 5.69 Å². The molecule has 106 valence electrons. The van der Waals surface area contributed by atoms with E-state index < -0.39 is 23.4 Å². The minimum atomic E-state index is -1.57. The lowest BCUT2D eigenvalue weighted by Crippen LogP contribution is -2.08. The third-order valence-electron chi connectivity index (χ3n) is 2.44. The average Bonchev–Trinajstić information content (AvgIpc) is 2.75. The van der Waals surface area contributed by atoms with Crippen molar-refractivity contribution in [1.82, 2.24) is 4.57 Å². The Kier molecular flexibility index (Phi) is 4.24. The summed E-state index contributed by atoms with van der Waals surface area (Å²) in [6, 6.07) is 1.89. The van der Waals surface area contributed by atoms with E-state index >= 15 is 0 Å². The number of ether oxygens (including phenoxy) is 1. The van der Waals surface area contributed by atoms with Crippen molar-refractivity contribution in [2.45, 2.75) is 13.5 Å². The Bertz CT molecular complexity index is 724. The van der Waals surface area contributed by atoms with E-state index in [1.165, 1.54) is 11.5 Å². The number of rotatable bonds is 3. The van der Waals surface area contributed by atoms with Gasteiger partial charge in [0.1, 0.15) is 6.61 Å². The second kappa shape index (κ2) is 5.76. The van der Waals surface area contributed by atoms with Crippen molar-refractivity contribution < 1.29 is 22.7 Å². The Morgan fingerprint density at radius 3 is 2.70 bits per heavy atom. The van der Waals surface area contributed by atoms with E-state index in [1.807, 2.05) is 0 Å². The highest BCUT2D eigenvalue weighted by Gasteiger charge is 2.18. The van der Waals surface area contributed by atoms with E-state index in [1.54, 1.807) is 5.38 Å². The molecule has 0 atom stereocenters. The summed E-state index contributed by atoms with van der Waals surface area (Å²) in [5, 5.41) is 1.56. The van der Waals surface area contributed by atoms with Crippen LogP contribution in [0.4, 0.5) is 13.2 Å². The standard InChI is InChI=1S/C12H8F3NO2S2/c1-6(17)18-4-7-5-20-12(19)16(7)9-3-2-8(13)10(14)11(9)15/h2-3,5H,4H2,1H3. The van der Waals surface area contributed by atoms with Crippen molar-refractivity contribution in [3.63, 3.8) is 0 Å². The summed E-state index contributed by atoms with van der Waals surface area (Å²) in [6.45, 7) is 1.09. The van der Waals surface area contributed by atoms with Crippen molar-refractivity contribution >= 4 is 29.5 Å². The Balaban J connectivity index is 2.53. The van der Waals surface area contributed by atoms with Crippen molar-refractivity contribution in [1.29, 1.82) is 0 Å². The Morgan fingerprint density at radius 1 is 1.35 bits per heavy atom. The maximum Gasteiger partial charge on any atom is 0.303 e. The van der Waals surface area contributed by atoms with Crippen molar-refractivity contribution in [2.24, 2.45) is 0 Å². The summed E-state index contributed by atoms with van der Waals surface area (Å²) >= 11 is 6.13. The molecular formula is C12H8F3NO2S2. The highest BCUT2D eigenvalue weighted by atomic mass is 32.1. The molecule has 3 nitrogen and oxygen atoms in total. The first-order chi connectivity index (χ1) is 9.41. The van der Waals surface area contributed by atoms with Crippen LogP contribution in [0.15, 0.2) is 17.5 Å². The van der Waals surface area contributed by atoms with Gasteiger partial charge in [-0.1, -0.05) is 0 Å². The predicted molar refractivity (Wildman–Crippen MR) is 69.8 cm³/mol. The maximum absolute atomic E-state index is 13.8. The minimum absolute atomic E-state index is 0.138. The largest absolute Gasteiger partial charge is 0.459 e. The molecule has 0 radical (unpaired) electrons. The molecule has 0 fully saturated rings. The summed E-state index contributed by atoms with van der Waals surface area (Å²) in [7, 11) is 0. The van der Waals surface area contributed by atoms with Crippen LogP contribution in [-0.2, 0) is 16.1 Å². The molecule has 1 heterocycles. The normalized spacial score (nSPS) is 10.6. The number of halogens is 3. The number of carbonyl (C=O) groups excluding carboxylic acids is 1. The lowest BCUT2D eigenvalue weighted by atomic mass is 10.2. The first-order valence-electron chi connectivity index (χ1n) is 5.38. The zero-order valence-electron chi connectivity index (χ0n) is 10.2. The number of benzene rings is 1. The molecule has 1 aromatic carbocycles. The third kappa shape index (κ3) is 2.75. The summed E-state index contributed by atoms with van der Waals surface area (Å²) in [5.74, 6) is -4.72. The molecule has 0 aliphatic carbocycles. The smallest absolute Gasteiger partial charge is 0.303 e. The van der Waals surface area contributed by atoms with Gasteiger partial charge in [0.05, 0.1) is 11.4 Å². The molecular weight excluding hydrogens is 311 g/mol. The van der Waals surface area contributed by atoms with Crippen molar-refractivity contribution in [2.75, 3.05) is 0 Å². The molecule has 0 aliphatic heterocycles.